The summed E-state index contributed by atoms with van der Waals surface area (Å²) in [6, 6.07) is 9.85. The Morgan fingerprint density at radius 2 is 2.17 bits per heavy atom. The summed E-state index contributed by atoms with van der Waals surface area (Å²) in [4.78, 5) is 16.6. The third-order valence-corrected chi connectivity index (χ3v) is 4.52. The topological polar surface area (TPSA) is 59.8 Å². The lowest BCUT2D eigenvalue weighted by atomic mass is 10.2. The molecule has 3 aromatic rings. The van der Waals surface area contributed by atoms with E-state index in [-0.39, 0.29) is 12.5 Å². The fourth-order valence-corrected chi connectivity index (χ4v) is 3.38. The third kappa shape index (κ3) is 3.86. The number of benzene rings is 1. The van der Waals surface area contributed by atoms with Crippen molar-refractivity contribution in [3.8, 4) is 11.3 Å². The molecule has 3 rings (SSSR count). The molecule has 0 spiro atoms. The second kappa shape index (κ2) is 6.64. The summed E-state index contributed by atoms with van der Waals surface area (Å²) in [6.45, 7) is 4.03. The lowest BCUT2D eigenvalue weighted by Gasteiger charge is -2.04. The van der Waals surface area contributed by atoms with Crippen molar-refractivity contribution < 1.29 is 4.79 Å². The van der Waals surface area contributed by atoms with Crippen molar-refractivity contribution in [3.63, 3.8) is 0 Å². The second-order valence-electron chi connectivity index (χ2n) is 5.18. The van der Waals surface area contributed by atoms with Crippen LogP contribution in [-0.2, 0) is 11.3 Å². The first kappa shape index (κ1) is 15.9. The Hall–Kier alpha value is -1.99. The average molecular weight is 391 g/mol. The van der Waals surface area contributed by atoms with Crippen LogP contribution >= 0.6 is 27.3 Å². The van der Waals surface area contributed by atoms with E-state index in [0.717, 1.165) is 27.1 Å². The second-order valence-corrected chi connectivity index (χ2v) is 6.95. The molecule has 1 aromatic carbocycles. The van der Waals surface area contributed by atoms with Gasteiger partial charge in [-0.15, -0.1) is 11.3 Å². The Morgan fingerprint density at radius 3 is 2.87 bits per heavy atom. The molecule has 0 atom stereocenters. The van der Waals surface area contributed by atoms with Gasteiger partial charge < -0.3 is 5.32 Å². The largest absolute Gasteiger partial charge is 0.300 e. The maximum atomic E-state index is 12.1. The molecule has 1 amide bonds. The van der Waals surface area contributed by atoms with Gasteiger partial charge in [0.1, 0.15) is 6.54 Å². The van der Waals surface area contributed by atoms with Gasteiger partial charge in [0.2, 0.25) is 5.91 Å². The molecule has 7 heteroatoms. The van der Waals surface area contributed by atoms with Gasteiger partial charge in [0, 0.05) is 21.1 Å². The Bertz CT molecular complexity index is 855. The average Bonchev–Trinajstić information content (AvgIpc) is 3.06. The Morgan fingerprint density at radius 1 is 1.35 bits per heavy atom. The molecule has 2 heterocycles. The predicted molar refractivity (Wildman–Crippen MR) is 95.6 cm³/mol. The first-order valence-electron chi connectivity index (χ1n) is 7.03. The van der Waals surface area contributed by atoms with Crippen LogP contribution in [-0.4, -0.2) is 20.7 Å². The number of carbonyl (C=O) groups excluding carboxylic acids is 1. The first-order chi connectivity index (χ1) is 11.0. The summed E-state index contributed by atoms with van der Waals surface area (Å²) in [6.07, 6.45) is 0. The standard InChI is InChI=1S/C16H15BrN4OS/c1-10-6-11(2)21(20-10)8-15(22)19-16-18-14(9-23-16)12-4-3-5-13(17)7-12/h3-7,9H,8H2,1-2H3,(H,18,19,22). The predicted octanol–water partition coefficient (Wildman–Crippen LogP) is 4.02. The highest BCUT2D eigenvalue weighted by molar-refractivity contribution is 9.10. The van der Waals surface area contributed by atoms with Gasteiger partial charge in [0.25, 0.3) is 0 Å². The van der Waals surface area contributed by atoms with E-state index in [1.165, 1.54) is 11.3 Å². The zero-order valence-corrected chi connectivity index (χ0v) is 15.1. The Kier molecular flexibility index (Phi) is 4.58. The van der Waals surface area contributed by atoms with E-state index in [1.54, 1.807) is 4.68 Å². The molecule has 0 bridgehead atoms. The lowest BCUT2D eigenvalue weighted by molar-refractivity contribution is -0.116. The molecule has 0 saturated carbocycles. The number of hydrogen-bond donors (Lipinski definition) is 1. The smallest absolute Gasteiger partial charge is 0.247 e. The Labute approximate surface area is 146 Å². The lowest BCUT2D eigenvalue weighted by Crippen LogP contribution is -2.20. The molecule has 0 aliphatic heterocycles. The van der Waals surface area contributed by atoms with Gasteiger partial charge in [-0.1, -0.05) is 28.1 Å². The van der Waals surface area contributed by atoms with Crippen LogP contribution in [0.25, 0.3) is 11.3 Å². The van der Waals surface area contributed by atoms with E-state index in [1.807, 2.05) is 49.6 Å². The van der Waals surface area contributed by atoms with Crippen LogP contribution in [0, 0.1) is 13.8 Å². The molecule has 5 nitrogen and oxygen atoms in total. The van der Waals surface area contributed by atoms with Crippen molar-refractivity contribution in [1.82, 2.24) is 14.8 Å². The van der Waals surface area contributed by atoms with Crippen LogP contribution in [0.15, 0.2) is 40.2 Å². The summed E-state index contributed by atoms with van der Waals surface area (Å²) in [5, 5.41) is 9.64. The zero-order valence-electron chi connectivity index (χ0n) is 12.7. The maximum absolute atomic E-state index is 12.1. The van der Waals surface area contributed by atoms with Gasteiger partial charge in [0.05, 0.1) is 11.4 Å². The van der Waals surface area contributed by atoms with Crippen molar-refractivity contribution in [3.05, 3.63) is 51.6 Å². The van der Waals surface area contributed by atoms with Crippen molar-refractivity contribution in [2.24, 2.45) is 0 Å². The number of rotatable bonds is 4. The maximum Gasteiger partial charge on any atom is 0.247 e. The van der Waals surface area contributed by atoms with E-state index >= 15 is 0 Å². The fourth-order valence-electron chi connectivity index (χ4n) is 2.24. The number of nitrogens with zero attached hydrogens (tertiary/aromatic N) is 3. The van der Waals surface area contributed by atoms with Crippen molar-refractivity contribution in [2.75, 3.05) is 5.32 Å². The monoisotopic (exact) mass is 390 g/mol. The summed E-state index contributed by atoms with van der Waals surface area (Å²) in [5.41, 5.74) is 3.72. The highest BCUT2D eigenvalue weighted by Crippen LogP contribution is 2.26. The van der Waals surface area contributed by atoms with E-state index < -0.39 is 0 Å². The molecule has 0 radical (unpaired) electrons. The van der Waals surface area contributed by atoms with Crippen LogP contribution in [0.3, 0.4) is 0 Å². The molecule has 0 fully saturated rings. The van der Waals surface area contributed by atoms with Crippen LogP contribution in [0.5, 0.6) is 0 Å². The summed E-state index contributed by atoms with van der Waals surface area (Å²) in [7, 11) is 0. The highest BCUT2D eigenvalue weighted by Gasteiger charge is 2.10. The molecule has 0 aliphatic carbocycles. The van der Waals surface area contributed by atoms with Crippen molar-refractivity contribution in [1.29, 1.82) is 0 Å². The van der Waals surface area contributed by atoms with Gasteiger partial charge in [0.15, 0.2) is 5.13 Å². The summed E-state index contributed by atoms with van der Waals surface area (Å²) in [5.74, 6) is -0.133. The number of carbonyl (C=O) groups is 1. The minimum atomic E-state index is -0.133. The van der Waals surface area contributed by atoms with E-state index in [0.29, 0.717) is 5.13 Å². The molecular weight excluding hydrogens is 376 g/mol. The number of anilines is 1. The Balaban J connectivity index is 1.69. The van der Waals surface area contributed by atoms with Gasteiger partial charge in [-0.25, -0.2) is 4.98 Å². The van der Waals surface area contributed by atoms with Gasteiger partial charge in [-0.2, -0.15) is 5.10 Å². The molecule has 0 aliphatic rings. The fraction of sp³-hybridized carbons (Fsp3) is 0.188. The number of aromatic nitrogens is 3. The molecule has 0 saturated heterocycles. The van der Waals surface area contributed by atoms with Crippen molar-refractivity contribution in [2.45, 2.75) is 20.4 Å². The molecule has 118 valence electrons. The van der Waals surface area contributed by atoms with Crippen LogP contribution in [0.4, 0.5) is 5.13 Å². The quantitative estimate of drug-likeness (QED) is 0.731. The van der Waals surface area contributed by atoms with Crippen LogP contribution < -0.4 is 5.32 Å². The molecular formula is C16H15BrN4OS. The van der Waals surface area contributed by atoms with Gasteiger partial charge in [-0.05, 0) is 32.0 Å². The molecule has 2 aromatic heterocycles. The number of thiazole rings is 1. The highest BCUT2D eigenvalue weighted by atomic mass is 79.9. The summed E-state index contributed by atoms with van der Waals surface area (Å²) >= 11 is 4.86. The number of halogens is 1. The number of aryl methyl sites for hydroxylation is 2. The van der Waals surface area contributed by atoms with E-state index in [9.17, 15) is 4.79 Å². The number of hydrogen-bond acceptors (Lipinski definition) is 4. The number of nitrogens with one attached hydrogen (secondary N) is 1. The molecule has 1 N–H and O–H groups in total. The van der Waals surface area contributed by atoms with Crippen LogP contribution in [0.1, 0.15) is 11.4 Å². The van der Waals surface area contributed by atoms with E-state index in [4.69, 9.17) is 0 Å². The van der Waals surface area contributed by atoms with Gasteiger partial charge in [-0.3, -0.25) is 9.48 Å². The molecule has 0 unspecified atom stereocenters. The van der Waals surface area contributed by atoms with Gasteiger partial charge >= 0.3 is 0 Å². The SMILES string of the molecule is Cc1cc(C)n(CC(=O)Nc2nc(-c3cccc(Br)c3)cs2)n1. The normalized spacial score (nSPS) is 10.7. The van der Waals surface area contributed by atoms with E-state index in [2.05, 4.69) is 31.3 Å². The first-order valence-corrected chi connectivity index (χ1v) is 8.71. The van der Waals surface area contributed by atoms with Crippen LogP contribution in [0.2, 0.25) is 0 Å². The summed E-state index contributed by atoms with van der Waals surface area (Å²) < 4.78 is 2.69. The number of amides is 1. The third-order valence-electron chi connectivity index (χ3n) is 3.27. The molecule has 23 heavy (non-hydrogen) atoms. The zero-order chi connectivity index (χ0) is 16.4. The minimum absolute atomic E-state index is 0.133. The van der Waals surface area contributed by atoms with Crippen molar-refractivity contribution >= 4 is 38.3 Å². The minimum Gasteiger partial charge on any atom is -0.300 e.